The summed E-state index contributed by atoms with van der Waals surface area (Å²) in [5, 5.41) is 8.96. The summed E-state index contributed by atoms with van der Waals surface area (Å²) < 4.78 is 5.15. The predicted molar refractivity (Wildman–Crippen MR) is 50.7 cm³/mol. The van der Waals surface area contributed by atoms with E-state index in [1.807, 2.05) is 0 Å². The largest absolute Gasteiger partial charge is 0.390 e. The zero-order valence-electron chi connectivity index (χ0n) is 8.23. The van der Waals surface area contributed by atoms with Gasteiger partial charge >= 0.3 is 0 Å². The third-order valence-corrected chi connectivity index (χ3v) is 2.62. The second kappa shape index (κ2) is 3.63. The first kappa shape index (κ1) is 9.55. The molecule has 0 unspecified atom stereocenters. The first-order chi connectivity index (χ1) is 6.80. The fourth-order valence-electron chi connectivity index (χ4n) is 1.60. The average Bonchev–Trinajstić information content (AvgIpc) is 3.00. The summed E-state index contributed by atoms with van der Waals surface area (Å²) in [6.45, 7) is 0.639. The molecule has 1 heterocycles. The highest BCUT2D eigenvalue weighted by Crippen LogP contribution is 2.46. The molecule has 4 heteroatoms. The molecule has 0 radical (unpaired) electrons. The van der Waals surface area contributed by atoms with Gasteiger partial charge in [0.25, 0.3) is 0 Å². The minimum absolute atomic E-state index is 0.0277. The van der Waals surface area contributed by atoms with Crippen molar-refractivity contribution >= 4 is 0 Å². The van der Waals surface area contributed by atoms with Crippen LogP contribution >= 0.6 is 0 Å². The molecule has 0 saturated heterocycles. The molecule has 1 aromatic heterocycles. The molecule has 0 aliphatic heterocycles. The summed E-state index contributed by atoms with van der Waals surface area (Å²) in [4.78, 5) is 8.54. The number of rotatable bonds is 4. The highest BCUT2D eigenvalue weighted by atomic mass is 16.5. The number of aromatic nitrogens is 2. The molecule has 76 valence electrons. The Morgan fingerprint density at radius 3 is 2.93 bits per heavy atom. The zero-order chi connectivity index (χ0) is 10.0. The van der Waals surface area contributed by atoms with E-state index in [9.17, 15) is 0 Å². The number of aliphatic hydroxyl groups excluding tert-OH is 1. The van der Waals surface area contributed by atoms with Gasteiger partial charge in [0.15, 0.2) is 0 Å². The Balaban J connectivity index is 2.23. The zero-order valence-corrected chi connectivity index (χ0v) is 8.23. The van der Waals surface area contributed by atoms with Crippen molar-refractivity contribution in [2.45, 2.75) is 24.9 Å². The fraction of sp³-hybridized carbons (Fsp3) is 0.600. The van der Waals surface area contributed by atoms with Gasteiger partial charge in [-0.05, 0) is 18.9 Å². The summed E-state index contributed by atoms with van der Waals surface area (Å²) in [5.41, 5.74) is 0.706. The van der Waals surface area contributed by atoms with Crippen molar-refractivity contribution in [2.24, 2.45) is 0 Å². The number of aliphatic hydroxyl groups is 1. The van der Waals surface area contributed by atoms with Crippen LogP contribution in [0.1, 0.15) is 24.4 Å². The lowest BCUT2D eigenvalue weighted by molar-refractivity contribution is 0.167. The first-order valence-electron chi connectivity index (χ1n) is 4.73. The number of methoxy groups -OCH3 is 1. The van der Waals surface area contributed by atoms with Crippen LogP contribution in [-0.4, -0.2) is 28.8 Å². The number of hydrogen-bond acceptors (Lipinski definition) is 4. The van der Waals surface area contributed by atoms with Crippen LogP contribution in [0.15, 0.2) is 12.3 Å². The first-order valence-corrected chi connectivity index (χ1v) is 4.73. The van der Waals surface area contributed by atoms with Crippen LogP contribution in [0.25, 0.3) is 0 Å². The van der Waals surface area contributed by atoms with Gasteiger partial charge in [-0.1, -0.05) is 0 Å². The highest BCUT2D eigenvalue weighted by molar-refractivity contribution is 5.19. The van der Waals surface area contributed by atoms with Gasteiger partial charge in [-0.3, -0.25) is 0 Å². The van der Waals surface area contributed by atoms with Gasteiger partial charge in [0.05, 0.1) is 24.3 Å². The van der Waals surface area contributed by atoms with Crippen LogP contribution in [0.4, 0.5) is 0 Å². The Labute approximate surface area is 83.0 Å². The molecule has 0 aromatic carbocycles. The Morgan fingerprint density at radius 2 is 2.36 bits per heavy atom. The monoisotopic (exact) mass is 194 g/mol. The maximum atomic E-state index is 8.96. The van der Waals surface area contributed by atoms with Gasteiger partial charge in [-0.2, -0.15) is 0 Å². The van der Waals surface area contributed by atoms with Gasteiger partial charge < -0.3 is 9.84 Å². The lowest BCUT2D eigenvalue weighted by Crippen LogP contribution is -2.18. The summed E-state index contributed by atoms with van der Waals surface area (Å²) in [7, 11) is 1.69. The summed E-state index contributed by atoms with van der Waals surface area (Å²) in [6, 6.07) is 1.73. The van der Waals surface area contributed by atoms with Gasteiger partial charge in [-0.25, -0.2) is 9.97 Å². The quantitative estimate of drug-likeness (QED) is 0.764. The van der Waals surface area contributed by atoms with Crippen LogP contribution < -0.4 is 0 Å². The van der Waals surface area contributed by atoms with Crippen LogP contribution in [-0.2, 0) is 16.8 Å². The molecular formula is C10H14N2O2. The fourth-order valence-corrected chi connectivity index (χ4v) is 1.60. The van der Waals surface area contributed by atoms with E-state index in [2.05, 4.69) is 9.97 Å². The third kappa shape index (κ3) is 1.63. The SMILES string of the molecule is COCC1(c2nccc(CO)n2)CC1. The molecule has 1 aromatic rings. The Bertz CT molecular complexity index is 324. The number of ether oxygens (including phenoxy) is 1. The second-order valence-corrected chi connectivity index (χ2v) is 3.74. The van der Waals surface area contributed by atoms with Crippen molar-refractivity contribution in [3.05, 3.63) is 23.8 Å². The molecule has 1 fully saturated rings. The van der Waals surface area contributed by atoms with Gasteiger partial charge in [0.2, 0.25) is 0 Å². The molecular weight excluding hydrogens is 180 g/mol. The maximum absolute atomic E-state index is 8.96. The molecule has 1 saturated carbocycles. The molecule has 0 spiro atoms. The van der Waals surface area contributed by atoms with E-state index in [0.29, 0.717) is 12.3 Å². The van der Waals surface area contributed by atoms with Crippen molar-refractivity contribution in [2.75, 3.05) is 13.7 Å². The van der Waals surface area contributed by atoms with Gasteiger partial charge in [0, 0.05) is 13.3 Å². The normalized spacial score (nSPS) is 18.1. The van der Waals surface area contributed by atoms with Crippen molar-refractivity contribution in [1.82, 2.24) is 9.97 Å². The van der Waals surface area contributed by atoms with Crippen molar-refractivity contribution < 1.29 is 9.84 Å². The summed E-state index contributed by atoms with van der Waals surface area (Å²) in [6.07, 6.45) is 3.86. The average molecular weight is 194 g/mol. The molecule has 1 aliphatic rings. The predicted octanol–water partition coefficient (Wildman–Crippen LogP) is 0.647. The van der Waals surface area contributed by atoms with E-state index in [1.54, 1.807) is 19.4 Å². The maximum Gasteiger partial charge on any atom is 0.137 e. The second-order valence-electron chi connectivity index (χ2n) is 3.74. The van der Waals surface area contributed by atoms with E-state index in [0.717, 1.165) is 18.7 Å². The van der Waals surface area contributed by atoms with Crippen LogP contribution in [0.5, 0.6) is 0 Å². The van der Waals surface area contributed by atoms with E-state index in [4.69, 9.17) is 9.84 Å². The minimum Gasteiger partial charge on any atom is -0.390 e. The minimum atomic E-state index is -0.0292. The Kier molecular flexibility index (Phi) is 2.48. The Morgan fingerprint density at radius 1 is 1.57 bits per heavy atom. The van der Waals surface area contributed by atoms with Crippen LogP contribution in [0.3, 0.4) is 0 Å². The van der Waals surface area contributed by atoms with Crippen molar-refractivity contribution in [3.8, 4) is 0 Å². The summed E-state index contributed by atoms with van der Waals surface area (Å²) in [5.74, 6) is 0.811. The lowest BCUT2D eigenvalue weighted by atomic mass is 10.1. The van der Waals surface area contributed by atoms with Crippen molar-refractivity contribution in [3.63, 3.8) is 0 Å². The van der Waals surface area contributed by atoms with Crippen LogP contribution in [0, 0.1) is 0 Å². The molecule has 2 rings (SSSR count). The molecule has 1 N–H and O–H groups in total. The van der Waals surface area contributed by atoms with Crippen molar-refractivity contribution in [1.29, 1.82) is 0 Å². The van der Waals surface area contributed by atoms with Crippen LogP contribution in [0.2, 0.25) is 0 Å². The Hall–Kier alpha value is -1.00. The van der Waals surface area contributed by atoms with E-state index in [-0.39, 0.29) is 12.0 Å². The highest BCUT2D eigenvalue weighted by Gasteiger charge is 2.47. The standard InChI is InChI=1S/C10H14N2O2/c1-14-7-10(3-4-10)9-11-5-2-8(6-13)12-9/h2,5,13H,3-4,6-7H2,1H3. The van der Waals surface area contributed by atoms with E-state index < -0.39 is 0 Å². The lowest BCUT2D eigenvalue weighted by Gasteiger charge is -2.12. The molecule has 1 aliphatic carbocycles. The van der Waals surface area contributed by atoms with Gasteiger partial charge in [0.1, 0.15) is 5.82 Å². The smallest absolute Gasteiger partial charge is 0.137 e. The van der Waals surface area contributed by atoms with E-state index >= 15 is 0 Å². The number of nitrogens with zero attached hydrogens (tertiary/aromatic N) is 2. The van der Waals surface area contributed by atoms with Gasteiger partial charge in [-0.15, -0.1) is 0 Å². The molecule has 14 heavy (non-hydrogen) atoms. The molecule has 0 amide bonds. The topological polar surface area (TPSA) is 55.2 Å². The number of hydrogen-bond donors (Lipinski definition) is 1. The molecule has 0 atom stereocenters. The molecule has 4 nitrogen and oxygen atoms in total. The molecule has 0 bridgehead atoms. The summed E-state index contributed by atoms with van der Waals surface area (Å²) >= 11 is 0. The third-order valence-electron chi connectivity index (χ3n) is 2.62. The van der Waals surface area contributed by atoms with E-state index in [1.165, 1.54) is 0 Å².